The molecule has 3 heterocycles. The van der Waals surface area contributed by atoms with E-state index in [2.05, 4.69) is 5.10 Å². The topological polar surface area (TPSA) is 79.3 Å². The van der Waals surface area contributed by atoms with Crippen molar-refractivity contribution in [2.45, 2.75) is 12.1 Å². The lowest BCUT2D eigenvalue weighted by atomic mass is 9.86. The quantitative estimate of drug-likeness (QED) is 0.545. The number of benzene rings is 2. The Hall–Kier alpha value is -3.45. The van der Waals surface area contributed by atoms with Crippen molar-refractivity contribution >= 4 is 41.1 Å². The van der Waals surface area contributed by atoms with Crippen LogP contribution in [0.15, 0.2) is 65.8 Å². The Labute approximate surface area is 183 Å². The highest BCUT2D eigenvalue weighted by molar-refractivity contribution is 6.31. The second kappa shape index (κ2) is 7.35. The lowest BCUT2D eigenvalue weighted by Crippen LogP contribution is -2.46. The van der Waals surface area contributed by atoms with Crippen molar-refractivity contribution in [2.75, 3.05) is 12.0 Å². The molecule has 31 heavy (non-hydrogen) atoms. The molecule has 2 fully saturated rings. The number of halogens is 1. The minimum Gasteiger partial charge on any atom is -0.497 e. The summed E-state index contributed by atoms with van der Waals surface area (Å²) in [7, 11) is 1.55. The maximum absolute atomic E-state index is 13.5. The van der Waals surface area contributed by atoms with Crippen molar-refractivity contribution in [1.82, 2.24) is 5.01 Å². The number of hydrogen-bond acceptors (Lipinski definition) is 6. The Morgan fingerprint density at radius 1 is 1.00 bits per heavy atom. The number of rotatable bonds is 4. The van der Waals surface area contributed by atoms with Gasteiger partial charge in [0.05, 0.1) is 30.7 Å². The fraction of sp³-hybridized carbons (Fsp3) is 0.217. The number of nitrogens with zero attached hydrogens (tertiary/aromatic N) is 3. The average Bonchev–Trinajstić information content (AvgIpc) is 3.27. The van der Waals surface area contributed by atoms with Crippen molar-refractivity contribution in [3.05, 3.63) is 71.3 Å². The Kier molecular flexibility index (Phi) is 4.63. The molecular weight excluding hydrogens is 418 g/mol. The first-order chi connectivity index (χ1) is 15.0. The number of methoxy groups -OCH3 is 1. The Morgan fingerprint density at radius 2 is 1.68 bits per heavy atom. The zero-order valence-corrected chi connectivity index (χ0v) is 17.3. The SMILES string of the molecule is COc1ccc(C(=O)C2C3C(=O)N(c4ccc(Cl)cc4)C(=O)C3C3C=CC=NN32)cc1. The zero-order chi connectivity index (χ0) is 21.7. The van der Waals surface area contributed by atoms with E-state index in [-0.39, 0.29) is 11.7 Å². The molecule has 0 N–H and O–H groups in total. The molecule has 7 nitrogen and oxygen atoms in total. The molecule has 156 valence electrons. The molecule has 3 aliphatic heterocycles. The van der Waals surface area contributed by atoms with Crippen molar-refractivity contribution in [3.8, 4) is 5.75 Å². The summed E-state index contributed by atoms with van der Waals surface area (Å²) >= 11 is 5.96. The minimum absolute atomic E-state index is 0.258. The van der Waals surface area contributed by atoms with Crippen LogP contribution in [0.2, 0.25) is 5.02 Å². The number of imide groups is 1. The molecule has 2 aromatic rings. The smallest absolute Gasteiger partial charge is 0.240 e. The molecule has 2 amide bonds. The summed E-state index contributed by atoms with van der Waals surface area (Å²) < 4.78 is 5.16. The van der Waals surface area contributed by atoms with Crippen molar-refractivity contribution in [2.24, 2.45) is 16.9 Å². The highest BCUT2D eigenvalue weighted by Crippen LogP contribution is 2.46. The predicted octanol–water partition coefficient (Wildman–Crippen LogP) is 2.95. The second-order valence-electron chi connectivity index (χ2n) is 7.60. The van der Waals surface area contributed by atoms with Gasteiger partial charge in [0, 0.05) is 16.8 Å². The van der Waals surface area contributed by atoms with Gasteiger partial charge in [0.2, 0.25) is 11.8 Å². The van der Waals surface area contributed by atoms with E-state index in [9.17, 15) is 14.4 Å². The predicted molar refractivity (Wildman–Crippen MR) is 115 cm³/mol. The maximum Gasteiger partial charge on any atom is 0.240 e. The van der Waals surface area contributed by atoms with Crippen LogP contribution < -0.4 is 9.64 Å². The van der Waals surface area contributed by atoms with E-state index in [0.29, 0.717) is 22.0 Å². The van der Waals surface area contributed by atoms with Gasteiger partial charge in [0.25, 0.3) is 0 Å². The average molecular weight is 436 g/mol. The van der Waals surface area contributed by atoms with Gasteiger partial charge < -0.3 is 4.74 Å². The van der Waals surface area contributed by atoms with E-state index in [1.165, 1.54) is 4.90 Å². The fourth-order valence-corrected chi connectivity index (χ4v) is 4.73. The summed E-state index contributed by atoms with van der Waals surface area (Å²) in [5.41, 5.74) is 0.874. The first kappa shape index (κ1) is 19.5. The summed E-state index contributed by atoms with van der Waals surface area (Å²) in [5, 5.41) is 6.45. The molecule has 4 unspecified atom stereocenters. The molecule has 4 atom stereocenters. The van der Waals surface area contributed by atoms with E-state index in [1.54, 1.807) is 72.9 Å². The van der Waals surface area contributed by atoms with E-state index in [1.807, 2.05) is 6.08 Å². The third kappa shape index (κ3) is 2.96. The number of Topliss-reactive ketones (excluding diaryl/α,β-unsaturated/α-hetero) is 1. The molecule has 0 saturated carbocycles. The van der Waals surface area contributed by atoms with Crippen LogP contribution in [0.3, 0.4) is 0 Å². The lowest BCUT2D eigenvalue weighted by molar-refractivity contribution is -0.123. The van der Waals surface area contributed by atoms with Gasteiger partial charge in [-0.3, -0.25) is 19.4 Å². The Morgan fingerprint density at radius 3 is 2.35 bits per heavy atom. The van der Waals surface area contributed by atoms with Gasteiger partial charge in [-0.15, -0.1) is 0 Å². The van der Waals surface area contributed by atoms with Gasteiger partial charge in [-0.2, -0.15) is 5.10 Å². The van der Waals surface area contributed by atoms with Crippen LogP contribution in [0.5, 0.6) is 5.75 Å². The van der Waals surface area contributed by atoms with E-state index in [4.69, 9.17) is 16.3 Å². The summed E-state index contributed by atoms with van der Waals surface area (Å²) in [6.07, 6.45) is 5.13. The van der Waals surface area contributed by atoms with Crippen molar-refractivity contribution in [1.29, 1.82) is 0 Å². The number of hydrogen-bond donors (Lipinski definition) is 0. The first-order valence-electron chi connectivity index (χ1n) is 9.82. The molecule has 0 bridgehead atoms. The molecule has 2 saturated heterocycles. The Balaban J connectivity index is 1.55. The van der Waals surface area contributed by atoms with Gasteiger partial charge >= 0.3 is 0 Å². The van der Waals surface area contributed by atoms with Crippen LogP contribution in [-0.2, 0) is 9.59 Å². The van der Waals surface area contributed by atoms with Gasteiger partial charge in [0.15, 0.2) is 5.78 Å². The van der Waals surface area contributed by atoms with Crippen LogP contribution in [0, 0.1) is 11.8 Å². The summed E-state index contributed by atoms with van der Waals surface area (Å²) in [6, 6.07) is 11.9. The monoisotopic (exact) mass is 435 g/mol. The number of fused-ring (bicyclic) bond motifs is 3. The van der Waals surface area contributed by atoms with Gasteiger partial charge in [-0.25, -0.2) is 4.90 Å². The van der Waals surface area contributed by atoms with E-state index < -0.39 is 29.8 Å². The molecule has 8 heteroatoms. The number of anilines is 1. The van der Waals surface area contributed by atoms with Gasteiger partial charge in [0.1, 0.15) is 11.8 Å². The number of amides is 2. The Bertz CT molecular complexity index is 1130. The van der Waals surface area contributed by atoms with Crippen molar-refractivity contribution in [3.63, 3.8) is 0 Å². The van der Waals surface area contributed by atoms with Crippen molar-refractivity contribution < 1.29 is 19.1 Å². The van der Waals surface area contributed by atoms with E-state index >= 15 is 0 Å². The number of ether oxygens (including phenoxy) is 1. The van der Waals surface area contributed by atoms with Gasteiger partial charge in [-0.1, -0.05) is 17.7 Å². The number of allylic oxidation sites excluding steroid dienone is 1. The highest BCUT2D eigenvalue weighted by atomic mass is 35.5. The van der Waals surface area contributed by atoms with Crippen LogP contribution in [0.25, 0.3) is 0 Å². The largest absolute Gasteiger partial charge is 0.497 e. The lowest BCUT2D eigenvalue weighted by Gasteiger charge is -2.30. The zero-order valence-electron chi connectivity index (χ0n) is 16.5. The highest BCUT2D eigenvalue weighted by Gasteiger charge is 2.64. The molecule has 0 aliphatic carbocycles. The maximum atomic E-state index is 13.5. The molecule has 3 aliphatic rings. The summed E-state index contributed by atoms with van der Waals surface area (Å²) in [5.74, 6) is -1.89. The molecular formula is C23H18ClN3O4. The number of ketones is 1. The minimum atomic E-state index is -0.877. The number of carbonyl (C=O) groups is 3. The van der Waals surface area contributed by atoms with Crippen LogP contribution >= 0.6 is 11.6 Å². The van der Waals surface area contributed by atoms with E-state index in [0.717, 1.165) is 0 Å². The molecule has 0 radical (unpaired) electrons. The normalized spacial score (nSPS) is 26.3. The number of carbonyl (C=O) groups excluding carboxylic acids is 3. The summed E-state index contributed by atoms with van der Waals surface area (Å²) in [6.45, 7) is 0. The molecule has 5 rings (SSSR count). The third-order valence-electron chi connectivity index (χ3n) is 6.02. The van der Waals surface area contributed by atoms with Crippen LogP contribution in [0.4, 0.5) is 5.69 Å². The third-order valence-corrected chi connectivity index (χ3v) is 6.27. The van der Waals surface area contributed by atoms with Crippen LogP contribution in [-0.4, -0.2) is 48.0 Å². The second-order valence-corrected chi connectivity index (χ2v) is 8.03. The molecule has 2 aromatic carbocycles. The van der Waals surface area contributed by atoms with Crippen LogP contribution in [0.1, 0.15) is 10.4 Å². The number of hydrazone groups is 1. The summed E-state index contributed by atoms with van der Waals surface area (Å²) in [4.78, 5) is 41.5. The fourth-order valence-electron chi connectivity index (χ4n) is 4.61. The standard InChI is InChI=1S/C23H18ClN3O4/c1-31-16-10-4-13(5-11-16)21(28)20-19-18(17-3-2-12-25-27(17)20)22(29)26(23(19)30)15-8-6-14(24)7-9-15/h2-12,17-20H,1H3. The van der Waals surface area contributed by atoms with Gasteiger partial charge in [-0.05, 0) is 54.6 Å². The molecule has 0 spiro atoms. The first-order valence-corrected chi connectivity index (χ1v) is 10.2. The molecule has 0 aromatic heterocycles.